The highest BCUT2D eigenvalue weighted by molar-refractivity contribution is 5.80. The van der Waals surface area contributed by atoms with Gasteiger partial charge in [-0.05, 0) is 63.0 Å². The molecule has 0 aromatic heterocycles. The molecular formula is C16H24N2O3. The lowest BCUT2D eigenvalue weighted by molar-refractivity contribution is -0.127. The maximum absolute atomic E-state index is 12.0. The van der Waals surface area contributed by atoms with E-state index in [1.807, 2.05) is 12.1 Å². The Morgan fingerprint density at radius 3 is 2.71 bits per heavy atom. The average molecular weight is 292 g/mol. The molecule has 5 nitrogen and oxygen atoms in total. The third-order valence-electron chi connectivity index (χ3n) is 3.71. The van der Waals surface area contributed by atoms with Gasteiger partial charge in [0.1, 0.15) is 11.5 Å². The molecule has 21 heavy (non-hydrogen) atoms. The van der Waals surface area contributed by atoms with Crippen LogP contribution < -0.4 is 20.1 Å². The Morgan fingerprint density at radius 2 is 2.10 bits per heavy atom. The van der Waals surface area contributed by atoms with Crippen molar-refractivity contribution in [3.05, 3.63) is 24.3 Å². The van der Waals surface area contributed by atoms with Gasteiger partial charge < -0.3 is 20.1 Å². The molecule has 0 saturated carbocycles. The maximum Gasteiger partial charge on any atom is 0.260 e. The topological polar surface area (TPSA) is 59.6 Å². The number of benzene rings is 1. The summed E-state index contributed by atoms with van der Waals surface area (Å²) >= 11 is 0. The monoisotopic (exact) mass is 292 g/mol. The Labute approximate surface area is 126 Å². The zero-order valence-corrected chi connectivity index (χ0v) is 12.7. The van der Waals surface area contributed by atoms with Gasteiger partial charge in [-0.1, -0.05) is 0 Å². The van der Waals surface area contributed by atoms with E-state index in [1.165, 1.54) is 12.8 Å². The Balaban J connectivity index is 1.75. The van der Waals surface area contributed by atoms with E-state index in [1.54, 1.807) is 26.2 Å². The van der Waals surface area contributed by atoms with Gasteiger partial charge in [0.05, 0.1) is 7.11 Å². The average Bonchev–Trinajstić information content (AvgIpc) is 2.54. The van der Waals surface area contributed by atoms with Crippen LogP contribution in [0, 0.1) is 5.92 Å². The van der Waals surface area contributed by atoms with E-state index in [4.69, 9.17) is 9.47 Å². The number of ether oxygens (including phenoxy) is 2. The van der Waals surface area contributed by atoms with Crippen molar-refractivity contribution in [2.75, 3.05) is 26.7 Å². The lowest BCUT2D eigenvalue weighted by Crippen LogP contribution is -2.42. The lowest BCUT2D eigenvalue weighted by atomic mass is 10.00. The number of methoxy groups -OCH3 is 1. The molecule has 1 aromatic rings. The Morgan fingerprint density at radius 1 is 1.38 bits per heavy atom. The lowest BCUT2D eigenvalue weighted by Gasteiger charge is -2.23. The van der Waals surface area contributed by atoms with Gasteiger partial charge in [-0.25, -0.2) is 0 Å². The molecule has 1 aromatic carbocycles. The van der Waals surface area contributed by atoms with E-state index in [2.05, 4.69) is 10.6 Å². The van der Waals surface area contributed by atoms with Crippen LogP contribution in [0.25, 0.3) is 0 Å². The highest BCUT2D eigenvalue weighted by Crippen LogP contribution is 2.18. The van der Waals surface area contributed by atoms with E-state index in [0.29, 0.717) is 18.2 Å². The molecule has 0 spiro atoms. The van der Waals surface area contributed by atoms with Crippen LogP contribution in [-0.2, 0) is 4.79 Å². The Bertz CT molecular complexity index is 441. The summed E-state index contributed by atoms with van der Waals surface area (Å²) in [6.45, 7) is 4.54. The summed E-state index contributed by atoms with van der Waals surface area (Å²) in [6.07, 6.45) is 1.84. The van der Waals surface area contributed by atoms with Crippen LogP contribution in [0.2, 0.25) is 0 Å². The number of carbonyl (C=O) groups is 1. The van der Waals surface area contributed by atoms with Gasteiger partial charge in [-0.2, -0.15) is 0 Å². The van der Waals surface area contributed by atoms with Crippen molar-refractivity contribution in [2.45, 2.75) is 25.9 Å². The van der Waals surface area contributed by atoms with Crippen molar-refractivity contribution in [3.8, 4) is 11.5 Å². The second-order valence-corrected chi connectivity index (χ2v) is 5.39. The predicted molar refractivity (Wildman–Crippen MR) is 81.7 cm³/mol. The van der Waals surface area contributed by atoms with Gasteiger partial charge in [0.25, 0.3) is 5.91 Å². The highest BCUT2D eigenvalue weighted by Gasteiger charge is 2.18. The van der Waals surface area contributed by atoms with Crippen molar-refractivity contribution >= 4 is 5.91 Å². The van der Waals surface area contributed by atoms with E-state index < -0.39 is 6.10 Å². The van der Waals surface area contributed by atoms with Crippen LogP contribution in [0.3, 0.4) is 0 Å². The minimum Gasteiger partial charge on any atom is -0.497 e. The standard InChI is InChI=1S/C16H24N2O3/c1-12(21-15-7-5-14(20-2)6-8-15)16(19)18-11-13-4-3-9-17-10-13/h5-8,12-13,17H,3-4,9-11H2,1-2H3,(H,18,19). The molecule has 1 heterocycles. The molecule has 116 valence electrons. The zero-order chi connectivity index (χ0) is 15.1. The minimum absolute atomic E-state index is 0.0728. The maximum atomic E-state index is 12.0. The first kappa shape index (κ1) is 15.6. The smallest absolute Gasteiger partial charge is 0.260 e. The van der Waals surface area contributed by atoms with Gasteiger partial charge in [0.2, 0.25) is 0 Å². The summed E-state index contributed by atoms with van der Waals surface area (Å²) in [5, 5.41) is 6.31. The molecule has 5 heteroatoms. The van der Waals surface area contributed by atoms with Gasteiger partial charge in [0, 0.05) is 6.54 Å². The molecule has 2 atom stereocenters. The first-order valence-electron chi connectivity index (χ1n) is 7.48. The molecular weight excluding hydrogens is 268 g/mol. The molecule has 0 bridgehead atoms. The van der Waals surface area contributed by atoms with E-state index in [0.717, 1.165) is 18.8 Å². The number of nitrogens with one attached hydrogen (secondary N) is 2. The number of rotatable bonds is 6. The van der Waals surface area contributed by atoms with Crippen molar-refractivity contribution < 1.29 is 14.3 Å². The third-order valence-corrected chi connectivity index (χ3v) is 3.71. The first-order valence-corrected chi connectivity index (χ1v) is 7.48. The van der Waals surface area contributed by atoms with Gasteiger partial charge >= 0.3 is 0 Å². The van der Waals surface area contributed by atoms with Crippen LogP contribution in [0.15, 0.2) is 24.3 Å². The van der Waals surface area contributed by atoms with E-state index in [-0.39, 0.29) is 5.91 Å². The molecule has 0 aliphatic carbocycles. The molecule has 2 N–H and O–H groups in total. The minimum atomic E-state index is -0.505. The number of amides is 1. The van der Waals surface area contributed by atoms with Crippen LogP contribution in [0.4, 0.5) is 0 Å². The van der Waals surface area contributed by atoms with Gasteiger partial charge in [0.15, 0.2) is 6.10 Å². The highest BCUT2D eigenvalue weighted by atomic mass is 16.5. The Hall–Kier alpha value is -1.75. The fourth-order valence-electron chi connectivity index (χ4n) is 2.40. The summed E-state index contributed by atoms with van der Waals surface area (Å²) < 4.78 is 10.7. The van der Waals surface area contributed by atoms with Crippen LogP contribution in [-0.4, -0.2) is 38.8 Å². The molecule has 1 aliphatic heterocycles. The van der Waals surface area contributed by atoms with Gasteiger partial charge in [-0.15, -0.1) is 0 Å². The summed E-state index contributed by atoms with van der Waals surface area (Å²) in [7, 11) is 1.62. The number of hydrogen-bond donors (Lipinski definition) is 2. The second kappa shape index (κ2) is 7.88. The van der Waals surface area contributed by atoms with E-state index >= 15 is 0 Å². The third kappa shape index (κ3) is 4.93. The van der Waals surface area contributed by atoms with Crippen LogP contribution >= 0.6 is 0 Å². The van der Waals surface area contributed by atoms with Crippen molar-refractivity contribution in [1.82, 2.24) is 10.6 Å². The van der Waals surface area contributed by atoms with Crippen LogP contribution in [0.1, 0.15) is 19.8 Å². The fraction of sp³-hybridized carbons (Fsp3) is 0.562. The summed E-state index contributed by atoms with van der Waals surface area (Å²) in [5.41, 5.74) is 0. The zero-order valence-electron chi connectivity index (χ0n) is 12.7. The molecule has 1 amide bonds. The fourth-order valence-corrected chi connectivity index (χ4v) is 2.40. The van der Waals surface area contributed by atoms with Crippen molar-refractivity contribution in [1.29, 1.82) is 0 Å². The van der Waals surface area contributed by atoms with E-state index in [9.17, 15) is 4.79 Å². The summed E-state index contributed by atoms with van der Waals surface area (Å²) in [5.74, 6) is 1.88. The van der Waals surface area contributed by atoms with Gasteiger partial charge in [-0.3, -0.25) is 4.79 Å². The quantitative estimate of drug-likeness (QED) is 0.836. The molecule has 1 fully saturated rings. The molecule has 1 saturated heterocycles. The number of carbonyl (C=O) groups excluding carboxylic acids is 1. The molecule has 0 radical (unpaired) electrons. The molecule has 2 unspecified atom stereocenters. The second-order valence-electron chi connectivity index (χ2n) is 5.39. The van der Waals surface area contributed by atoms with Crippen LogP contribution in [0.5, 0.6) is 11.5 Å². The Kier molecular flexibility index (Phi) is 5.87. The first-order chi connectivity index (χ1) is 10.2. The normalized spacial score (nSPS) is 19.6. The number of piperidine rings is 1. The van der Waals surface area contributed by atoms with Crippen molar-refractivity contribution in [2.24, 2.45) is 5.92 Å². The number of hydrogen-bond acceptors (Lipinski definition) is 4. The summed E-state index contributed by atoms with van der Waals surface area (Å²) in [4.78, 5) is 12.0. The summed E-state index contributed by atoms with van der Waals surface area (Å²) in [6, 6.07) is 7.22. The largest absolute Gasteiger partial charge is 0.497 e. The van der Waals surface area contributed by atoms with Crippen molar-refractivity contribution in [3.63, 3.8) is 0 Å². The molecule has 2 rings (SSSR count). The SMILES string of the molecule is COc1ccc(OC(C)C(=O)NCC2CCCNC2)cc1. The molecule has 1 aliphatic rings. The predicted octanol–water partition coefficient (Wildman–Crippen LogP) is 1.58.